The maximum absolute atomic E-state index is 9.13. The van der Waals surface area contributed by atoms with Gasteiger partial charge in [0, 0.05) is 48.9 Å². The van der Waals surface area contributed by atoms with E-state index in [4.69, 9.17) is 21.1 Å². The number of aliphatic hydroxyl groups is 3. The molecular weight excluding hydrogens is 332 g/mol. The third-order valence-electron chi connectivity index (χ3n) is 4.04. The van der Waals surface area contributed by atoms with Gasteiger partial charge in [0.2, 0.25) is 0 Å². The second-order valence-electron chi connectivity index (χ2n) is 5.90. The van der Waals surface area contributed by atoms with E-state index in [-0.39, 0.29) is 19.8 Å². The molecule has 0 aliphatic heterocycles. The highest BCUT2D eigenvalue weighted by molar-refractivity contribution is 5.60. The molecule has 142 valence electrons. The zero-order valence-corrected chi connectivity index (χ0v) is 14.9. The van der Waals surface area contributed by atoms with Crippen LogP contribution in [0.5, 0.6) is 0 Å². The van der Waals surface area contributed by atoms with Crippen molar-refractivity contribution in [2.45, 2.75) is 6.54 Å². The van der Waals surface area contributed by atoms with Gasteiger partial charge in [-0.2, -0.15) is 0 Å². The van der Waals surface area contributed by atoms with Crippen LogP contribution in [0, 0.1) is 0 Å². The number of rotatable bonds is 11. The lowest BCUT2D eigenvalue weighted by Crippen LogP contribution is -2.29. The van der Waals surface area contributed by atoms with Gasteiger partial charge in [-0.3, -0.25) is 0 Å². The Morgan fingerprint density at radius 1 is 0.808 bits per heavy atom. The lowest BCUT2D eigenvalue weighted by molar-refractivity contribution is 0.281. The highest BCUT2D eigenvalue weighted by atomic mass is 16.3. The number of anilines is 4. The van der Waals surface area contributed by atoms with Crippen LogP contribution in [0.1, 0.15) is 5.56 Å². The molecule has 2 aromatic carbocycles. The normalized spacial score (nSPS) is 10.6. The first-order chi connectivity index (χ1) is 12.7. The highest BCUT2D eigenvalue weighted by Crippen LogP contribution is 2.21. The molecule has 0 aliphatic rings. The lowest BCUT2D eigenvalue weighted by atomic mass is 10.1. The van der Waals surface area contributed by atoms with Crippen molar-refractivity contribution in [3.63, 3.8) is 0 Å². The minimum absolute atomic E-state index is 0.0416. The SMILES string of the molecule is Nc1ccc(NCCO)cc1CNc1ccc(N(CCO)CCO)cc1. The van der Waals surface area contributed by atoms with Crippen molar-refractivity contribution in [3.05, 3.63) is 48.0 Å². The standard InChI is InChI=1S/C19H28N4O3/c20-19-6-3-17(21-7-10-24)13-15(19)14-22-16-1-4-18(5-2-16)23(8-11-25)9-12-26/h1-6,13,21-22,24-26H,7-12,14,20H2. The van der Waals surface area contributed by atoms with Gasteiger partial charge in [0.05, 0.1) is 19.8 Å². The Balaban J connectivity index is 1.99. The maximum Gasteiger partial charge on any atom is 0.0606 e. The molecule has 26 heavy (non-hydrogen) atoms. The summed E-state index contributed by atoms with van der Waals surface area (Å²) in [7, 11) is 0. The van der Waals surface area contributed by atoms with Crippen LogP contribution in [0.2, 0.25) is 0 Å². The number of benzene rings is 2. The number of aliphatic hydroxyl groups excluding tert-OH is 3. The fourth-order valence-corrected chi connectivity index (χ4v) is 2.67. The van der Waals surface area contributed by atoms with E-state index in [1.165, 1.54) is 0 Å². The largest absolute Gasteiger partial charge is 0.398 e. The smallest absolute Gasteiger partial charge is 0.0606 e. The average molecular weight is 360 g/mol. The summed E-state index contributed by atoms with van der Waals surface area (Å²) in [5.74, 6) is 0. The molecule has 0 radical (unpaired) electrons. The third kappa shape index (κ3) is 5.80. The second kappa shape index (κ2) is 10.5. The van der Waals surface area contributed by atoms with E-state index in [0.717, 1.165) is 22.6 Å². The van der Waals surface area contributed by atoms with Crippen molar-refractivity contribution in [2.24, 2.45) is 0 Å². The molecule has 0 heterocycles. The number of hydrogen-bond donors (Lipinski definition) is 6. The van der Waals surface area contributed by atoms with Crippen molar-refractivity contribution in [1.29, 1.82) is 0 Å². The first-order valence-corrected chi connectivity index (χ1v) is 8.71. The third-order valence-corrected chi connectivity index (χ3v) is 4.04. The molecular formula is C19H28N4O3. The predicted molar refractivity (Wildman–Crippen MR) is 107 cm³/mol. The molecule has 2 rings (SSSR count). The molecule has 0 spiro atoms. The fourth-order valence-electron chi connectivity index (χ4n) is 2.67. The van der Waals surface area contributed by atoms with Gasteiger partial charge in [0.1, 0.15) is 0 Å². The van der Waals surface area contributed by atoms with Crippen LogP contribution >= 0.6 is 0 Å². The van der Waals surface area contributed by atoms with E-state index >= 15 is 0 Å². The summed E-state index contributed by atoms with van der Waals surface area (Å²) in [6.07, 6.45) is 0. The molecule has 7 nitrogen and oxygen atoms in total. The van der Waals surface area contributed by atoms with Gasteiger partial charge >= 0.3 is 0 Å². The highest BCUT2D eigenvalue weighted by Gasteiger charge is 2.06. The number of nitrogen functional groups attached to an aromatic ring is 1. The van der Waals surface area contributed by atoms with Crippen molar-refractivity contribution >= 4 is 22.7 Å². The summed E-state index contributed by atoms with van der Waals surface area (Å²) in [5.41, 5.74) is 10.5. The molecule has 0 unspecified atom stereocenters. The molecule has 7 heteroatoms. The molecule has 7 N–H and O–H groups in total. The fraction of sp³-hybridized carbons (Fsp3) is 0.368. The van der Waals surface area contributed by atoms with E-state index in [2.05, 4.69) is 10.6 Å². The van der Waals surface area contributed by atoms with Gasteiger partial charge in [-0.25, -0.2) is 0 Å². The van der Waals surface area contributed by atoms with Crippen LogP contribution in [0.3, 0.4) is 0 Å². The Bertz CT molecular complexity index is 658. The average Bonchev–Trinajstić information content (AvgIpc) is 2.66. The predicted octanol–water partition coefficient (Wildman–Crippen LogP) is 1.08. The Kier molecular flexibility index (Phi) is 8.01. The van der Waals surface area contributed by atoms with Gasteiger partial charge in [-0.05, 0) is 48.0 Å². The topological polar surface area (TPSA) is 114 Å². The number of nitrogens with zero attached hydrogens (tertiary/aromatic N) is 1. The minimum atomic E-state index is 0.0416. The molecule has 0 amide bonds. The maximum atomic E-state index is 9.13. The van der Waals surface area contributed by atoms with Crippen LogP contribution in [0.4, 0.5) is 22.7 Å². The Morgan fingerprint density at radius 3 is 2.08 bits per heavy atom. The first kappa shape index (κ1) is 19.8. The summed E-state index contributed by atoms with van der Waals surface area (Å²) < 4.78 is 0. The van der Waals surface area contributed by atoms with Gasteiger partial charge < -0.3 is 36.6 Å². The van der Waals surface area contributed by atoms with Crippen LogP contribution in [0.15, 0.2) is 42.5 Å². The Labute approximate surface area is 154 Å². The van der Waals surface area contributed by atoms with Crippen molar-refractivity contribution in [3.8, 4) is 0 Å². The molecule has 0 fully saturated rings. The zero-order valence-electron chi connectivity index (χ0n) is 14.9. The van der Waals surface area contributed by atoms with Crippen LogP contribution in [0.25, 0.3) is 0 Å². The van der Waals surface area contributed by atoms with Crippen molar-refractivity contribution < 1.29 is 15.3 Å². The zero-order chi connectivity index (χ0) is 18.8. The van der Waals surface area contributed by atoms with E-state index in [0.29, 0.717) is 31.9 Å². The molecule has 0 saturated carbocycles. The Morgan fingerprint density at radius 2 is 1.46 bits per heavy atom. The van der Waals surface area contributed by atoms with E-state index in [1.54, 1.807) is 0 Å². The molecule has 0 aromatic heterocycles. The van der Waals surface area contributed by atoms with Crippen LogP contribution < -0.4 is 21.3 Å². The van der Waals surface area contributed by atoms with Gasteiger partial charge in [0.15, 0.2) is 0 Å². The summed E-state index contributed by atoms with van der Waals surface area (Å²) in [6.45, 7) is 2.20. The van der Waals surface area contributed by atoms with Crippen LogP contribution in [-0.2, 0) is 6.54 Å². The summed E-state index contributed by atoms with van der Waals surface area (Å²) >= 11 is 0. The molecule has 0 bridgehead atoms. The van der Waals surface area contributed by atoms with Crippen LogP contribution in [-0.4, -0.2) is 54.8 Å². The summed E-state index contributed by atoms with van der Waals surface area (Å²) in [6, 6.07) is 13.5. The Hall–Kier alpha value is -2.48. The summed E-state index contributed by atoms with van der Waals surface area (Å²) in [4.78, 5) is 1.93. The van der Waals surface area contributed by atoms with E-state index in [9.17, 15) is 0 Å². The number of nitrogens with one attached hydrogen (secondary N) is 2. The minimum Gasteiger partial charge on any atom is -0.398 e. The van der Waals surface area contributed by atoms with Gasteiger partial charge in [-0.15, -0.1) is 0 Å². The van der Waals surface area contributed by atoms with Gasteiger partial charge in [0.25, 0.3) is 0 Å². The van der Waals surface area contributed by atoms with Crippen molar-refractivity contribution in [1.82, 2.24) is 0 Å². The summed E-state index contributed by atoms with van der Waals surface area (Å²) in [5, 5.41) is 33.6. The molecule has 2 aromatic rings. The second-order valence-corrected chi connectivity index (χ2v) is 5.90. The monoisotopic (exact) mass is 360 g/mol. The number of hydrogen-bond acceptors (Lipinski definition) is 7. The lowest BCUT2D eigenvalue weighted by Gasteiger charge is -2.23. The first-order valence-electron chi connectivity index (χ1n) is 8.71. The van der Waals surface area contributed by atoms with E-state index < -0.39 is 0 Å². The molecule has 0 aliphatic carbocycles. The quantitative estimate of drug-likeness (QED) is 0.332. The van der Waals surface area contributed by atoms with E-state index in [1.807, 2.05) is 47.4 Å². The molecule has 0 atom stereocenters. The van der Waals surface area contributed by atoms with Crippen molar-refractivity contribution in [2.75, 3.05) is 60.7 Å². The molecule has 0 saturated heterocycles. The number of nitrogens with two attached hydrogens (primary N) is 1. The van der Waals surface area contributed by atoms with Gasteiger partial charge in [-0.1, -0.05) is 0 Å².